The van der Waals surface area contributed by atoms with Gasteiger partial charge in [-0.05, 0) is 36.2 Å². The molecule has 1 heterocycles. The van der Waals surface area contributed by atoms with Crippen molar-refractivity contribution in [3.8, 4) is 0 Å². The van der Waals surface area contributed by atoms with E-state index in [1.54, 1.807) is 0 Å². The van der Waals surface area contributed by atoms with Crippen molar-refractivity contribution in [2.75, 3.05) is 0 Å². The third-order valence-corrected chi connectivity index (χ3v) is 3.36. The highest BCUT2D eigenvalue weighted by atomic mass is 15.3. The predicted octanol–water partition coefficient (Wildman–Crippen LogP) is 2.91. The zero-order valence-electron chi connectivity index (χ0n) is 10.3. The summed E-state index contributed by atoms with van der Waals surface area (Å²) in [5.41, 5.74) is 2.85. The summed E-state index contributed by atoms with van der Waals surface area (Å²) in [6.07, 6.45) is 4.70. The molecule has 0 amide bonds. The van der Waals surface area contributed by atoms with E-state index >= 15 is 0 Å². The van der Waals surface area contributed by atoms with E-state index in [-0.39, 0.29) is 0 Å². The van der Waals surface area contributed by atoms with Crippen molar-refractivity contribution < 1.29 is 0 Å². The SMILES string of the molecule is CC(C)Cn1cc2c(n1)C[C@@H](C(C)C)C2. The summed E-state index contributed by atoms with van der Waals surface area (Å²) in [4.78, 5) is 0. The third kappa shape index (κ3) is 2.24. The maximum atomic E-state index is 4.68. The van der Waals surface area contributed by atoms with Crippen LogP contribution in [0.25, 0.3) is 0 Å². The molecule has 1 aromatic heterocycles. The highest BCUT2D eigenvalue weighted by Crippen LogP contribution is 2.30. The van der Waals surface area contributed by atoms with E-state index in [4.69, 9.17) is 0 Å². The van der Waals surface area contributed by atoms with Crippen LogP contribution in [0.3, 0.4) is 0 Å². The van der Waals surface area contributed by atoms with Crippen LogP contribution < -0.4 is 0 Å². The van der Waals surface area contributed by atoms with Crippen molar-refractivity contribution >= 4 is 0 Å². The highest BCUT2D eigenvalue weighted by Gasteiger charge is 2.26. The fraction of sp³-hybridized carbons (Fsp3) is 0.769. The molecule has 0 saturated heterocycles. The first-order valence-electron chi connectivity index (χ1n) is 6.11. The summed E-state index contributed by atoms with van der Waals surface area (Å²) in [6, 6.07) is 0. The van der Waals surface area contributed by atoms with Crippen LogP contribution in [-0.4, -0.2) is 9.78 Å². The minimum Gasteiger partial charge on any atom is -0.272 e. The largest absolute Gasteiger partial charge is 0.272 e. The van der Waals surface area contributed by atoms with Gasteiger partial charge in [-0.15, -0.1) is 0 Å². The topological polar surface area (TPSA) is 17.8 Å². The van der Waals surface area contributed by atoms with Crippen molar-refractivity contribution in [3.63, 3.8) is 0 Å². The average Bonchev–Trinajstić information content (AvgIpc) is 2.58. The molecule has 0 bridgehead atoms. The lowest BCUT2D eigenvalue weighted by atomic mass is 9.93. The van der Waals surface area contributed by atoms with Gasteiger partial charge in [-0.2, -0.15) is 5.10 Å². The van der Waals surface area contributed by atoms with E-state index in [1.165, 1.54) is 24.1 Å². The molecule has 2 nitrogen and oxygen atoms in total. The molecule has 0 aromatic carbocycles. The zero-order valence-corrected chi connectivity index (χ0v) is 10.3. The van der Waals surface area contributed by atoms with E-state index < -0.39 is 0 Å². The number of rotatable bonds is 3. The molecule has 0 aliphatic heterocycles. The molecule has 1 aromatic rings. The number of aromatic nitrogens is 2. The molecule has 2 rings (SSSR count). The summed E-state index contributed by atoms with van der Waals surface area (Å²) < 4.78 is 2.13. The molecule has 84 valence electrons. The van der Waals surface area contributed by atoms with E-state index in [9.17, 15) is 0 Å². The van der Waals surface area contributed by atoms with Crippen molar-refractivity contribution in [1.29, 1.82) is 0 Å². The Morgan fingerprint density at radius 3 is 2.60 bits per heavy atom. The first-order valence-corrected chi connectivity index (χ1v) is 6.11. The molecular formula is C13H22N2. The quantitative estimate of drug-likeness (QED) is 0.743. The van der Waals surface area contributed by atoms with E-state index in [1.807, 2.05) is 0 Å². The monoisotopic (exact) mass is 206 g/mol. The van der Waals surface area contributed by atoms with Gasteiger partial charge in [0.2, 0.25) is 0 Å². The van der Waals surface area contributed by atoms with E-state index in [0.29, 0.717) is 5.92 Å². The zero-order chi connectivity index (χ0) is 11.0. The fourth-order valence-electron chi connectivity index (χ4n) is 2.39. The van der Waals surface area contributed by atoms with Gasteiger partial charge in [0, 0.05) is 12.7 Å². The molecule has 1 aliphatic rings. The van der Waals surface area contributed by atoms with Crippen molar-refractivity contribution in [2.45, 2.75) is 47.1 Å². The smallest absolute Gasteiger partial charge is 0.0659 e. The molecular weight excluding hydrogens is 184 g/mol. The number of nitrogens with zero attached hydrogens (tertiary/aromatic N) is 2. The molecule has 0 fully saturated rings. The van der Waals surface area contributed by atoms with Crippen LogP contribution in [-0.2, 0) is 19.4 Å². The van der Waals surface area contributed by atoms with Gasteiger partial charge in [-0.25, -0.2) is 0 Å². The normalized spacial score (nSPS) is 20.3. The second kappa shape index (κ2) is 3.99. The molecule has 1 aliphatic carbocycles. The van der Waals surface area contributed by atoms with Gasteiger partial charge >= 0.3 is 0 Å². The minimum atomic E-state index is 0.686. The number of fused-ring (bicyclic) bond motifs is 1. The van der Waals surface area contributed by atoms with Crippen LogP contribution >= 0.6 is 0 Å². The van der Waals surface area contributed by atoms with Gasteiger partial charge in [0.25, 0.3) is 0 Å². The van der Waals surface area contributed by atoms with Crippen LogP contribution in [0.1, 0.15) is 39.0 Å². The van der Waals surface area contributed by atoms with E-state index in [0.717, 1.165) is 18.4 Å². The van der Waals surface area contributed by atoms with Crippen LogP contribution in [0.15, 0.2) is 6.20 Å². The first kappa shape index (κ1) is 10.7. The lowest BCUT2D eigenvalue weighted by Gasteiger charge is -2.13. The van der Waals surface area contributed by atoms with Crippen LogP contribution in [0, 0.1) is 17.8 Å². The van der Waals surface area contributed by atoms with Gasteiger partial charge in [0.15, 0.2) is 0 Å². The van der Waals surface area contributed by atoms with Gasteiger partial charge in [0.05, 0.1) is 5.69 Å². The molecule has 1 atom stereocenters. The number of hydrogen-bond donors (Lipinski definition) is 0. The first-order chi connectivity index (χ1) is 7.06. The maximum Gasteiger partial charge on any atom is 0.0659 e. The molecule has 0 unspecified atom stereocenters. The summed E-state index contributed by atoms with van der Waals surface area (Å²) in [7, 11) is 0. The van der Waals surface area contributed by atoms with Gasteiger partial charge in [-0.1, -0.05) is 27.7 Å². The summed E-state index contributed by atoms with van der Waals surface area (Å²) in [5.74, 6) is 2.31. The second-order valence-electron chi connectivity index (χ2n) is 5.63. The molecule has 0 saturated carbocycles. The molecule has 0 radical (unpaired) electrons. The summed E-state index contributed by atoms with van der Waals surface area (Å²) >= 11 is 0. The Hall–Kier alpha value is -0.790. The summed E-state index contributed by atoms with van der Waals surface area (Å²) in [6.45, 7) is 10.2. The Morgan fingerprint density at radius 1 is 1.33 bits per heavy atom. The number of hydrogen-bond acceptors (Lipinski definition) is 1. The standard InChI is InChI=1S/C13H22N2/c1-9(2)7-15-8-12-5-11(10(3)4)6-13(12)14-15/h8-11H,5-7H2,1-4H3/t11-/m0/s1. The molecule has 15 heavy (non-hydrogen) atoms. The van der Waals surface area contributed by atoms with Crippen molar-refractivity contribution in [3.05, 3.63) is 17.5 Å². The Labute approximate surface area is 92.7 Å². The predicted molar refractivity (Wildman–Crippen MR) is 62.8 cm³/mol. The lowest BCUT2D eigenvalue weighted by Crippen LogP contribution is -2.11. The van der Waals surface area contributed by atoms with Crippen molar-refractivity contribution in [1.82, 2.24) is 9.78 Å². The van der Waals surface area contributed by atoms with Crippen LogP contribution in [0.5, 0.6) is 0 Å². The van der Waals surface area contributed by atoms with Gasteiger partial charge < -0.3 is 0 Å². The highest BCUT2D eigenvalue weighted by molar-refractivity contribution is 5.24. The minimum absolute atomic E-state index is 0.686. The Morgan fingerprint density at radius 2 is 2.07 bits per heavy atom. The summed E-state index contributed by atoms with van der Waals surface area (Å²) in [5, 5.41) is 4.68. The third-order valence-electron chi connectivity index (χ3n) is 3.36. The van der Waals surface area contributed by atoms with Crippen LogP contribution in [0.4, 0.5) is 0 Å². The van der Waals surface area contributed by atoms with Gasteiger partial charge in [-0.3, -0.25) is 4.68 Å². The van der Waals surface area contributed by atoms with E-state index in [2.05, 4.69) is 43.7 Å². The van der Waals surface area contributed by atoms with Crippen molar-refractivity contribution in [2.24, 2.45) is 17.8 Å². The average molecular weight is 206 g/mol. The lowest BCUT2D eigenvalue weighted by molar-refractivity contribution is 0.393. The Bertz CT molecular complexity index is 313. The van der Waals surface area contributed by atoms with Gasteiger partial charge in [0.1, 0.15) is 0 Å². The molecule has 0 spiro atoms. The molecule has 2 heteroatoms. The maximum absolute atomic E-state index is 4.68. The Kier molecular flexibility index (Phi) is 2.85. The second-order valence-corrected chi connectivity index (χ2v) is 5.63. The van der Waals surface area contributed by atoms with Crippen LogP contribution in [0.2, 0.25) is 0 Å². The Balaban J connectivity index is 2.06. The molecule has 0 N–H and O–H groups in total. The fourth-order valence-corrected chi connectivity index (χ4v) is 2.39.